The number of benzene rings is 2. The number of carbonyl (C=O) groups excluding carboxylic acids is 2. The summed E-state index contributed by atoms with van der Waals surface area (Å²) in [5.74, 6) is 0.600. The number of hydrogen-bond acceptors (Lipinski definition) is 4. The minimum atomic E-state index is -0.384. The van der Waals surface area contributed by atoms with Gasteiger partial charge in [0.15, 0.2) is 5.78 Å². The molecule has 1 aliphatic rings. The van der Waals surface area contributed by atoms with Crippen molar-refractivity contribution in [1.82, 2.24) is 0 Å². The molecule has 1 saturated heterocycles. The molecule has 5 heteroatoms. The predicted molar refractivity (Wildman–Crippen MR) is 96.1 cm³/mol. The molecular weight excluding hydrogens is 318 g/mol. The third kappa shape index (κ3) is 3.88. The van der Waals surface area contributed by atoms with Gasteiger partial charge in [-0.1, -0.05) is 30.3 Å². The van der Waals surface area contributed by atoms with Gasteiger partial charge in [0.1, 0.15) is 12.4 Å². The van der Waals surface area contributed by atoms with Gasteiger partial charge in [0, 0.05) is 16.8 Å². The van der Waals surface area contributed by atoms with Crippen LogP contribution in [0.1, 0.15) is 22.8 Å². The highest BCUT2D eigenvalue weighted by Gasteiger charge is 2.23. The third-order valence-corrected chi connectivity index (χ3v) is 3.84. The van der Waals surface area contributed by atoms with Crippen LogP contribution in [0.15, 0.2) is 54.6 Å². The zero-order valence-corrected chi connectivity index (χ0v) is 14.0. The summed E-state index contributed by atoms with van der Waals surface area (Å²) in [6.45, 7) is 3.34. The first-order chi connectivity index (χ1) is 12.2. The Kier molecular flexibility index (Phi) is 5.14. The summed E-state index contributed by atoms with van der Waals surface area (Å²) in [6, 6.07) is 14.5. The van der Waals surface area contributed by atoms with E-state index in [1.807, 2.05) is 31.2 Å². The average molecular weight is 337 g/mol. The van der Waals surface area contributed by atoms with E-state index in [9.17, 15) is 9.59 Å². The van der Waals surface area contributed by atoms with Crippen LogP contribution in [0.2, 0.25) is 0 Å². The second kappa shape index (κ2) is 7.66. The largest absolute Gasteiger partial charge is 0.493 e. The number of nitrogens with zero attached hydrogens (tertiary/aromatic N) is 1. The molecule has 2 aromatic carbocycles. The molecule has 0 N–H and O–H groups in total. The van der Waals surface area contributed by atoms with Gasteiger partial charge in [-0.15, -0.1) is 0 Å². The number of anilines is 1. The van der Waals surface area contributed by atoms with Gasteiger partial charge >= 0.3 is 6.09 Å². The van der Waals surface area contributed by atoms with Gasteiger partial charge in [0.05, 0.1) is 13.2 Å². The predicted octanol–water partition coefficient (Wildman–Crippen LogP) is 3.94. The highest BCUT2D eigenvalue weighted by Crippen LogP contribution is 2.22. The van der Waals surface area contributed by atoms with Crippen molar-refractivity contribution in [2.45, 2.75) is 6.92 Å². The smallest absolute Gasteiger partial charge is 0.414 e. The van der Waals surface area contributed by atoms with Gasteiger partial charge in [-0.25, -0.2) is 4.79 Å². The monoisotopic (exact) mass is 337 g/mol. The molecule has 1 amide bonds. The molecule has 0 aliphatic carbocycles. The molecular formula is C20H19NO4. The average Bonchev–Trinajstić information content (AvgIpc) is 3.07. The van der Waals surface area contributed by atoms with Crippen LogP contribution in [0.4, 0.5) is 10.5 Å². The van der Waals surface area contributed by atoms with E-state index in [0.717, 1.165) is 11.3 Å². The van der Waals surface area contributed by atoms with Crippen molar-refractivity contribution in [3.8, 4) is 5.75 Å². The number of carbonyl (C=O) groups is 2. The van der Waals surface area contributed by atoms with Gasteiger partial charge in [-0.2, -0.15) is 0 Å². The van der Waals surface area contributed by atoms with Crippen LogP contribution in [0.25, 0.3) is 6.08 Å². The fraction of sp³-hybridized carbons (Fsp3) is 0.200. The zero-order chi connectivity index (χ0) is 17.6. The Morgan fingerprint density at radius 3 is 2.84 bits per heavy atom. The standard InChI is InChI=1S/C20H19NO4/c1-2-24-19-9-4-3-6-15(19)10-11-18(22)16-7-5-8-17(14-16)21-12-13-25-20(21)23/h3-11,14H,2,12-13H2,1H3/b11-10+. The van der Waals surface area contributed by atoms with Crippen molar-refractivity contribution >= 4 is 23.6 Å². The van der Waals surface area contributed by atoms with Crippen molar-refractivity contribution in [3.63, 3.8) is 0 Å². The molecule has 0 saturated carbocycles. The molecule has 0 radical (unpaired) electrons. The molecule has 0 spiro atoms. The molecule has 0 bridgehead atoms. The first-order valence-corrected chi connectivity index (χ1v) is 8.17. The van der Waals surface area contributed by atoms with Crippen LogP contribution in [0.5, 0.6) is 5.75 Å². The van der Waals surface area contributed by atoms with E-state index in [4.69, 9.17) is 9.47 Å². The van der Waals surface area contributed by atoms with Crippen LogP contribution in [0.3, 0.4) is 0 Å². The van der Waals surface area contributed by atoms with Crippen molar-refractivity contribution in [2.75, 3.05) is 24.7 Å². The molecule has 3 rings (SSSR count). The molecule has 5 nitrogen and oxygen atoms in total. The third-order valence-electron chi connectivity index (χ3n) is 3.84. The SMILES string of the molecule is CCOc1ccccc1/C=C/C(=O)c1cccc(N2CCOC2=O)c1. The maximum Gasteiger partial charge on any atom is 0.414 e. The first kappa shape index (κ1) is 16.8. The van der Waals surface area contributed by atoms with E-state index in [1.165, 1.54) is 11.0 Å². The second-order valence-electron chi connectivity index (χ2n) is 5.48. The summed E-state index contributed by atoms with van der Waals surface area (Å²) in [5.41, 5.74) is 2.02. The highest BCUT2D eigenvalue weighted by molar-refractivity contribution is 6.07. The molecule has 1 heterocycles. The lowest BCUT2D eigenvalue weighted by Gasteiger charge is -2.13. The van der Waals surface area contributed by atoms with Crippen molar-refractivity contribution < 1.29 is 19.1 Å². The number of para-hydroxylation sites is 1. The zero-order valence-electron chi connectivity index (χ0n) is 14.0. The Labute approximate surface area is 146 Å². The van der Waals surface area contributed by atoms with Gasteiger partial charge in [0.2, 0.25) is 0 Å². The summed E-state index contributed by atoms with van der Waals surface area (Å²) in [4.78, 5) is 25.6. The van der Waals surface area contributed by atoms with Crippen LogP contribution >= 0.6 is 0 Å². The lowest BCUT2D eigenvalue weighted by molar-refractivity contribution is 0.104. The number of rotatable bonds is 6. The van der Waals surface area contributed by atoms with E-state index in [1.54, 1.807) is 30.3 Å². The van der Waals surface area contributed by atoms with Gasteiger partial charge < -0.3 is 9.47 Å². The molecule has 0 unspecified atom stereocenters. The normalized spacial score (nSPS) is 14.0. The molecule has 0 aromatic heterocycles. The van der Waals surface area contributed by atoms with Crippen LogP contribution in [-0.4, -0.2) is 31.6 Å². The Bertz CT molecular complexity index is 813. The number of hydrogen-bond donors (Lipinski definition) is 0. The Morgan fingerprint density at radius 1 is 1.24 bits per heavy atom. The number of allylic oxidation sites excluding steroid dienone is 1. The van der Waals surface area contributed by atoms with Crippen molar-refractivity contribution in [3.05, 3.63) is 65.7 Å². The van der Waals surface area contributed by atoms with Crippen molar-refractivity contribution in [2.24, 2.45) is 0 Å². The summed E-state index contributed by atoms with van der Waals surface area (Å²) in [7, 11) is 0. The number of ether oxygens (including phenoxy) is 2. The van der Waals surface area contributed by atoms with Crippen LogP contribution in [-0.2, 0) is 4.74 Å². The molecule has 128 valence electrons. The Hall–Kier alpha value is -3.08. The maximum atomic E-state index is 12.5. The summed E-state index contributed by atoms with van der Waals surface area (Å²) < 4.78 is 10.5. The maximum absolute atomic E-state index is 12.5. The minimum Gasteiger partial charge on any atom is -0.493 e. The van der Waals surface area contributed by atoms with E-state index in [0.29, 0.717) is 31.0 Å². The summed E-state index contributed by atoms with van der Waals surface area (Å²) in [5, 5.41) is 0. The first-order valence-electron chi connectivity index (χ1n) is 8.17. The number of amides is 1. The van der Waals surface area contributed by atoms with E-state index < -0.39 is 0 Å². The van der Waals surface area contributed by atoms with E-state index in [-0.39, 0.29) is 11.9 Å². The molecule has 2 aromatic rings. The van der Waals surface area contributed by atoms with Gasteiger partial charge in [-0.05, 0) is 37.3 Å². The molecule has 25 heavy (non-hydrogen) atoms. The summed E-state index contributed by atoms with van der Waals surface area (Å²) in [6.07, 6.45) is 2.87. The van der Waals surface area contributed by atoms with Gasteiger partial charge in [0.25, 0.3) is 0 Å². The van der Waals surface area contributed by atoms with Gasteiger partial charge in [-0.3, -0.25) is 9.69 Å². The van der Waals surface area contributed by atoms with Crippen LogP contribution < -0.4 is 9.64 Å². The molecule has 1 aliphatic heterocycles. The lowest BCUT2D eigenvalue weighted by atomic mass is 10.1. The highest BCUT2D eigenvalue weighted by atomic mass is 16.6. The second-order valence-corrected chi connectivity index (χ2v) is 5.48. The van der Waals surface area contributed by atoms with E-state index >= 15 is 0 Å². The minimum absolute atomic E-state index is 0.138. The fourth-order valence-corrected chi connectivity index (χ4v) is 2.62. The van der Waals surface area contributed by atoms with Crippen LogP contribution in [0, 0.1) is 0 Å². The Morgan fingerprint density at radius 2 is 2.08 bits per heavy atom. The lowest BCUT2D eigenvalue weighted by Crippen LogP contribution is -2.23. The quantitative estimate of drug-likeness (QED) is 0.592. The molecule has 0 atom stereocenters. The van der Waals surface area contributed by atoms with Crippen molar-refractivity contribution in [1.29, 1.82) is 0 Å². The van der Waals surface area contributed by atoms with E-state index in [2.05, 4.69) is 0 Å². The topological polar surface area (TPSA) is 55.8 Å². The fourth-order valence-electron chi connectivity index (χ4n) is 2.62. The number of cyclic esters (lactones) is 1. The summed E-state index contributed by atoms with van der Waals surface area (Å²) >= 11 is 0. The molecule has 1 fully saturated rings. The Balaban J connectivity index is 1.79. The number of ketones is 1.